The van der Waals surface area contributed by atoms with E-state index in [1.807, 2.05) is 30.3 Å². The number of carbonyl (C=O) groups is 1. The summed E-state index contributed by atoms with van der Waals surface area (Å²) in [6.07, 6.45) is 0. The van der Waals surface area contributed by atoms with Gasteiger partial charge in [0.15, 0.2) is 0 Å². The Hall–Kier alpha value is -3.41. The molecular formula is C22H16N2O4S2. The first-order chi connectivity index (χ1) is 14.5. The summed E-state index contributed by atoms with van der Waals surface area (Å²) in [6.45, 7) is 1.92. The molecule has 2 aromatic carbocycles. The van der Waals surface area contributed by atoms with Crippen molar-refractivity contribution in [2.24, 2.45) is 0 Å². The summed E-state index contributed by atoms with van der Waals surface area (Å²) < 4.78 is 11.3. The molecule has 0 radical (unpaired) electrons. The molecule has 0 aliphatic carbocycles. The quantitative estimate of drug-likeness (QED) is 0.428. The minimum Gasteiger partial charge on any atom is -0.508 e. The van der Waals surface area contributed by atoms with Crippen LogP contribution in [-0.2, 0) is 11.3 Å². The van der Waals surface area contributed by atoms with Gasteiger partial charge in [-0.05, 0) is 48.2 Å². The van der Waals surface area contributed by atoms with Gasteiger partial charge in [-0.1, -0.05) is 12.1 Å². The number of rotatable bonds is 5. The Morgan fingerprint density at radius 1 is 1.20 bits per heavy atom. The molecule has 4 aromatic rings. The molecule has 8 heteroatoms. The Morgan fingerprint density at radius 3 is 2.67 bits per heavy atom. The van der Waals surface area contributed by atoms with Crippen LogP contribution in [0, 0.1) is 18.3 Å². The number of aromatic hydroxyl groups is 1. The summed E-state index contributed by atoms with van der Waals surface area (Å²) in [4.78, 5) is 18.4. The van der Waals surface area contributed by atoms with Gasteiger partial charge >= 0.3 is 5.97 Å². The van der Waals surface area contributed by atoms with E-state index >= 15 is 0 Å². The van der Waals surface area contributed by atoms with Crippen molar-refractivity contribution < 1.29 is 19.4 Å². The number of esters is 1. The lowest BCUT2D eigenvalue weighted by molar-refractivity contribution is 0.0477. The highest BCUT2D eigenvalue weighted by molar-refractivity contribution is 7.26. The summed E-state index contributed by atoms with van der Waals surface area (Å²) >= 11 is 2.66. The lowest BCUT2D eigenvalue weighted by Crippen LogP contribution is -2.04. The molecule has 0 fully saturated rings. The molecule has 1 N–H and O–H groups in total. The Kier molecular flexibility index (Phi) is 5.40. The molecular weight excluding hydrogens is 420 g/mol. The minimum atomic E-state index is -0.427. The maximum Gasteiger partial charge on any atom is 0.350 e. The number of hydrogen-bond acceptors (Lipinski definition) is 8. The molecule has 6 nitrogen and oxygen atoms in total. The number of carbonyl (C=O) groups excluding carboxylic acids is 1. The topological polar surface area (TPSA) is 92.4 Å². The first-order valence-corrected chi connectivity index (χ1v) is 10.6. The van der Waals surface area contributed by atoms with Crippen LogP contribution in [0.2, 0.25) is 0 Å². The van der Waals surface area contributed by atoms with Gasteiger partial charge < -0.3 is 14.6 Å². The second kappa shape index (κ2) is 8.14. The van der Waals surface area contributed by atoms with Crippen LogP contribution in [0.5, 0.6) is 11.5 Å². The van der Waals surface area contributed by atoms with E-state index in [1.165, 1.54) is 28.7 Å². The number of thiazole rings is 1. The second-order valence-corrected chi connectivity index (χ2v) is 8.54. The zero-order chi connectivity index (χ0) is 21.3. The first kappa shape index (κ1) is 19.9. The van der Waals surface area contributed by atoms with Gasteiger partial charge in [0.2, 0.25) is 0 Å². The first-order valence-electron chi connectivity index (χ1n) is 8.93. The molecule has 2 heterocycles. The summed E-state index contributed by atoms with van der Waals surface area (Å²) in [5, 5.41) is 20.5. The summed E-state index contributed by atoms with van der Waals surface area (Å²) in [5.74, 6) is 0.356. The molecule has 0 aliphatic heterocycles. The maximum absolute atomic E-state index is 12.6. The molecule has 30 heavy (non-hydrogen) atoms. The van der Waals surface area contributed by atoms with Crippen LogP contribution in [0.25, 0.3) is 20.0 Å². The number of nitriles is 1. The monoisotopic (exact) mass is 436 g/mol. The molecule has 0 spiro atoms. The van der Waals surface area contributed by atoms with Gasteiger partial charge in [-0.15, -0.1) is 22.7 Å². The fourth-order valence-corrected chi connectivity index (χ4v) is 5.06. The lowest BCUT2D eigenvalue weighted by Gasteiger charge is -2.05. The Balaban J connectivity index is 1.56. The number of ether oxygens (including phenoxy) is 2. The van der Waals surface area contributed by atoms with Crippen LogP contribution in [-0.4, -0.2) is 23.2 Å². The van der Waals surface area contributed by atoms with Crippen molar-refractivity contribution in [1.29, 1.82) is 5.26 Å². The normalized spacial score (nSPS) is 10.7. The van der Waals surface area contributed by atoms with E-state index in [1.54, 1.807) is 20.1 Å². The molecule has 0 atom stereocenters. The number of aryl methyl sites for hydroxylation is 1. The van der Waals surface area contributed by atoms with Gasteiger partial charge in [0.05, 0.1) is 27.9 Å². The summed E-state index contributed by atoms with van der Waals surface area (Å²) in [6, 6.07) is 14.3. The Morgan fingerprint density at radius 2 is 1.97 bits per heavy atom. The molecule has 150 valence electrons. The van der Waals surface area contributed by atoms with E-state index in [2.05, 4.69) is 11.1 Å². The predicted octanol–water partition coefficient (Wildman–Crippen LogP) is 5.28. The van der Waals surface area contributed by atoms with Gasteiger partial charge in [0.1, 0.15) is 34.1 Å². The number of hydrogen-bond donors (Lipinski definition) is 1. The van der Waals surface area contributed by atoms with E-state index in [0.29, 0.717) is 21.1 Å². The summed E-state index contributed by atoms with van der Waals surface area (Å²) in [7, 11) is 1.60. The fourth-order valence-electron chi connectivity index (χ4n) is 2.95. The maximum atomic E-state index is 12.6. The molecule has 2 aromatic heterocycles. The molecule has 0 aliphatic rings. The van der Waals surface area contributed by atoms with E-state index in [0.717, 1.165) is 26.3 Å². The molecule has 4 rings (SSSR count). The van der Waals surface area contributed by atoms with Crippen molar-refractivity contribution in [2.45, 2.75) is 13.5 Å². The number of nitrogens with zero attached hydrogens (tertiary/aromatic N) is 2. The largest absolute Gasteiger partial charge is 0.508 e. The fraction of sp³-hybridized carbons (Fsp3) is 0.136. The average molecular weight is 437 g/mol. The van der Waals surface area contributed by atoms with E-state index in [9.17, 15) is 15.2 Å². The predicted molar refractivity (Wildman–Crippen MR) is 116 cm³/mol. The van der Waals surface area contributed by atoms with E-state index < -0.39 is 5.97 Å². The SMILES string of the molecule is COc1ccc(COC(=O)c2sc(-c3cc4cc(O)cc(C#N)c4s3)nc2C)cc1. The zero-order valence-electron chi connectivity index (χ0n) is 16.1. The summed E-state index contributed by atoms with van der Waals surface area (Å²) in [5.41, 5.74) is 1.86. The van der Waals surface area contributed by atoms with Crippen LogP contribution < -0.4 is 4.74 Å². The molecule has 0 saturated heterocycles. The van der Waals surface area contributed by atoms with Crippen molar-refractivity contribution in [1.82, 2.24) is 4.98 Å². The second-order valence-electron chi connectivity index (χ2n) is 6.49. The smallest absolute Gasteiger partial charge is 0.350 e. The average Bonchev–Trinajstić information content (AvgIpc) is 3.35. The minimum absolute atomic E-state index is 0.0431. The molecule has 0 bridgehead atoms. The molecule has 0 unspecified atom stereocenters. The van der Waals surface area contributed by atoms with Crippen molar-refractivity contribution in [2.75, 3.05) is 7.11 Å². The molecule has 0 saturated carbocycles. The Bertz CT molecular complexity index is 1280. The third-order valence-corrected chi connectivity index (χ3v) is 6.93. The van der Waals surface area contributed by atoms with Gasteiger partial charge in [0.25, 0.3) is 0 Å². The van der Waals surface area contributed by atoms with Crippen LogP contribution >= 0.6 is 22.7 Å². The Labute approximate surface area is 180 Å². The number of benzene rings is 2. The van der Waals surface area contributed by atoms with Crippen molar-refractivity contribution >= 4 is 38.7 Å². The highest BCUT2D eigenvalue weighted by atomic mass is 32.1. The van der Waals surface area contributed by atoms with Crippen LogP contribution in [0.3, 0.4) is 0 Å². The van der Waals surface area contributed by atoms with Crippen molar-refractivity contribution in [3.63, 3.8) is 0 Å². The van der Waals surface area contributed by atoms with Crippen molar-refractivity contribution in [3.05, 3.63) is 64.2 Å². The third kappa shape index (κ3) is 3.85. The van der Waals surface area contributed by atoms with Gasteiger partial charge in [-0.2, -0.15) is 5.26 Å². The van der Waals surface area contributed by atoms with Crippen molar-refractivity contribution in [3.8, 4) is 27.5 Å². The van der Waals surface area contributed by atoms with Gasteiger partial charge in [-0.3, -0.25) is 0 Å². The van der Waals surface area contributed by atoms with Crippen LogP contribution in [0.4, 0.5) is 0 Å². The zero-order valence-corrected chi connectivity index (χ0v) is 17.8. The lowest BCUT2D eigenvalue weighted by atomic mass is 10.1. The van der Waals surface area contributed by atoms with Crippen LogP contribution in [0.15, 0.2) is 42.5 Å². The standard InChI is InChI=1S/C22H16N2O4S2/c1-12-19(22(26)28-11-13-3-5-17(27-2)6-4-13)30-21(24-12)18-9-14-7-16(25)8-15(10-23)20(14)29-18/h3-9,25H,11H2,1-2H3. The van der Waals surface area contributed by atoms with E-state index in [-0.39, 0.29) is 12.4 Å². The number of fused-ring (bicyclic) bond motifs is 1. The van der Waals surface area contributed by atoms with E-state index in [4.69, 9.17) is 9.47 Å². The number of methoxy groups -OCH3 is 1. The number of phenolic OH excluding ortho intramolecular Hbond substituents is 1. The highest BCUT2D eigenvalue weighted by Crippen LogP contribution is 2.39. The van der Waals surface area contributed by atoms with Gasteiger partial charge in [-0.25, -0.2) is 9.78 Å². The third-order valence-electron chi connectivity index (χ3n) is 4.44. The highest BCUT2D eigenvalue weighted by Gasteiger charge is 2.19. The van der Waals surface area contributed by atoms with Crippen LogP contribution in [0.1, 0.15) is 26.5 Å². The number of thiophene rings is 1. The van der Waals surface area contributed by atoms with Gasteiger partial charge in [0, 0.05) is 0 Å². The number of aromatic nitrogens is 1. The number of phenols is 1. The molecule has 0 amide bonds.